The van der Waals surface area contributed by atoms with Crippen LogP contribution < -0.4 is 5.32 Å². The number of hydrogen-bond donors (Lipinski definition) is 4. The predicted octanol–water partition coefficient (Wildman–Crippen LogP) is 17.3. The van der Waals surface area contributed by atoms with Crippen molar-refractivity contribution in [2.24, 2.45) is 0 Å². The van der Waals surface area contributed by atoms with Gasteiger partial charge in [-0.1, -0.05) is 295 Å². The van der Waals surface area contributed by atoms with E-state index in [9.17, 15) is 20.1 Å². The third kappa shape index (κ3) is 48.3. The summed E-state index contributed by atoms with van der Waals surface area (Å²) in [5.74, 6) is -0.323. The Morgan fingerprint density at radius 1 is 0.403 bits per heavy atom. The summed E-state index contributed by atoms with van der Waals surface area (Å²) in [6.07, 6.45) is 67.0. The Hall–Kier alpha value is -1.17. The molecule has 0 aromatic carbocycles. The molecule has 0 aliphatic carbocycles. The fraction of sp³-hybridized carbons (Fsp3) is 0.912. The molecule has 0 aliphatic rings. The monoisotopic (exact) mass is 874 g/mol. The van der Waals surface area contributed by atoms with Crippen molar-refractivity contribution in [3.05, 3.63) is 24.3 Å². The Bertz CT molecular complexity index is 920. The Balaban J connectivity index is 3.39. The van der Waals surface area contributed by atoms with E-state index in [1.807, 2.05) is 6.08 Å². The van der Waals surface area contributed by atoms with E-state index in [4.69, 9.17) is 0 Å². The number of unbranched alkanes of at least 4 members (excludes halogenated alkanes) is 41. The quantitative estimate of drug-likeness (QED) is 0.0362. The van der Waals surface area contributed by atoms with Crippen molar-refractivity contribution in [3.63, 3.8) is 0 Å². The van der Waals surface area contributed by atoms with E-state index in [0.717, 1.165) is 32.1 Å². The van der Waals surface area contributed by atoms with Crippen molar-refractivity contribution in [2.45, 2.75) is 327 Å². The van der Waals surface area contributed by atoms with Crippen LogP contribution in [0.25, 0.3) is 0 Å². The lowest BCUT2D eigenvalue weighted by atomic mass is 10.0. The third-order valence-electron chi connectivity index (χ3n) is 13.2. The highest BCUT2D eigenvalue weighted by molar-refractivity contribution is 5.76. The minimum absolute atomic E-state index is 0.00961. The van der Waals surface area contributed by atoms with Crippen molar-refractivity contribution < 1.29 is 20.1 Å². The molecular weight excluding hydrogens is 763 g/mol. The minimum Gasteiger partial charge on any atom is -0.394 e. The molecule has 1 amide bonds. The van der Waals surface area contributed by atoms with E-state index < -0.39 is 18.2 Å². The molecule has 0 saturated carbocycles. The van der Waals surface area contributed by atoms with Crippen LogP contribution in [-0.2, 0) is 4.79 Å². The summed E-state index contributed by atoms with van der Waals surface area (Å²) in [5.41, 5.74) is 0. The van der Waals surface area contributed by atoms with Gasteiger partial charge in [0.05, 0.1) is 31.3 Å². The van der Waals surface area contributed by atoms with E-state index >= 15 is 0 Å². The molecule has 0 aromatic heterocycles. The van der Waals surface area contributed by atoms with Gasteiger partial charge in [-0.2, -0.15) is 0 Å². The van der Waals surface area contributed by atoms with Crippen LogP contribution in [0.4, 0.5) is 0 Å². The molecule has 0 rings (SSSR count). The summed E-state index contributed by atoms with van der Waals surface area (Å²) in [6, 6.07) is -0.757. The SMILES string of the molecule is CCCCCC/C=C/CC/C=C/C(O)C(CO)NC(=O)CC(O)CCCCCCCCCCCCCCCCCCCCCCCCCCCCCCCCCCCCCCC. The van der Waals surface area contributed by atoms with Crippen LogP contribution in [0.3, 0.4) is 0 Å². The Kier molecular flexibility index (Phi) is 51.5. The first-order chi connectivity index (χ1) is 30.5. The molecule has 0 bridgehead atoms. The molecule has 0 radical (unpaired) electrons. The Morgan fingerprint density at radius 2 is 0.694 bits per heavy atom. The van der Waals surface area contributed by atoms with E-state index in [0.29, 0.717) is 6.42 Å². The van der Waals surface area contributed by atoms with Crippen LogP contribution in [0.1, 0.15) is 309 Å². The average molecular weight is 875 g/mol. The second kappa shape index (κ2) is 52.5. The molecule has 0 heterocycles. The summed E-state index contributed by atoms with van der Waals surface area (Å²) in [5, 5.41) is 33.2. The number of hydrogen-bond acceptors (Lipinski definition) is 4. The predicted molar refractivity (Wildman–Crippen MR) is 273 cm³/mol. The van der Waals surface area contributed by atoms with Gasteiger partial charge in [-0.3, -0.25) is 4.79 Å². The zero-order chi connectivity index (χ0) is 45.1. The number of aliphatic hydroxyl groups excluding tert-OH is 3. The number of carbonyl (C=O) groups is 1. The first-order valence-electron chi connectivity index (χ1n) is 28.1. The second-order valence-electron chi connectivity index (χ2n) is 19.5. The lowest BCUT2D eigenvalue weighted by Crippen LogP contribution is -2.45. The number of aliphatic hydroxyl groups is 3. The lowest BCUT2D eigenvalue weighted by molar-refractivity contribution is -0.124. The number of carbonyl (C=O) groups excluding carboxylic acids is 1. The highest BCUT2D eigenvalue weighted by Crippen LogP contribution is 2.18. The zero-order valence-corrected chi connectivity index (χ0v) is 42.0. The van der Waals surface area contributed by atoms with Crippen LogP contribution in [-0.4, -0.2) is 46.1 Å². The van der Waals surface area contributed by atoms with Crippen molar-refractivity contribution in [2.75, 3.05) is 6.61 Å². The highest BCUT2D eigenvalue weighted by atomic mass is 16.3. The van der Waals surface area contributed by atoms with Crippen LogP contribution in [0.2, 0.25) is 0 Å². The molecule has 0 aliphatic heterocycles. The van der Waals surface area contributed by atoms with Crippen LogP contribution >= 0.6 is 0 Å². The topological polar surface area (TPSA) is 89.8 Å². The van der Waals surface area contributed by atoms with E-state index in [1.54, 1.807) is 6.08 Å². The van der Waals surface area contributed by atoms with Crippen LogP contribution in [0, 0.1) is 0 Å². The zero-order valence-electron chi connectivity index (χ0n) is 42.0. The van der Waals surface area contributed by atoms with Crippen LogP contribution in [0.15, 0.2) is 24.3 Å². The second-order valence-corrected chi connectivity index (χ2v) is 19.5. The average Bonchev–Trinajstić information content (AvgIpc) is 3.27. The largest absolute Gasteiger partial charge is 0.394 e. The number of allylic oxidation sites excluding steroid dienone is 3. The summed E-state index contributed by atoms with van der Waals surface area (Å²) < 4.78 is 0. The van der Waals surface area contributed by atoms with Gasteiger partial charge in [0.25, 0.3) is 0 Å². The summed E-state index contributed by atoms with van der Waals surface area (Å²) in [7, 11) is 0. The van der Waals surface area contributed by atoms with Gasteiger partial charge in [0.15, 0.2) is 0 Å². The molecule has 62 heavy (non-hydrogen) atoms. The molecule has 0 fully saturated rings. The van der Waals surface area contributed by atoms with Gasteiger partial charge in [0.2, 0.25) is 5.91 Å². The molecule has 4 N–H and O–H groups in total. The molecule has 5 heteroatoms. The van der Waals surface area contributed by atoms with Gasteiger partial charge < -0.3 is 20.6 Å². The number of amides is 1. The van der Waals surface area contributed by atoms with Crippen molar-refractivity contribution in [3.8, 4) is 0 Å². The van der Waals surface area contributed by atoms with Gasteiger partial charge >= 0.3 is 0 Å². The molecule has 3 unspecified atom stereocenters. The normalized spacial score (nSPS) is 13.4. The maximum absolute atomic E-state index is 12.4. The Labute approximate surface area is 388 Å². The lowest BCUT2D eigenvalue weighted by Gasteiger charge is -2.21. The maximum atomic E-state index is 12.4. The smallest absolute Gasteiger partial charge is 0.222 e. The summed E-state index contributed by atoms with van der Waals surface area (Å²) in [6.45, 7) is 4.18. The Morgan fingerprint density at radius 3 is 1.03 bits per heavy atom. The van der Waals surface area contributed by atoms with Crippen molar-refractivity contribution in [1.29, 1.82) is 0 Å². The number of nitrogens with one attached hydrogen (secondary N) is 1. The summed E-state index contributed by atoms with van der Waals surface area (Å²) in [4.78, 5) is 12.4. The third-order valence-corrected chi connectivity index (χ3v) is 13.2. The van der Waals surface area contributed by atoms with Crippen molar-refractivity contribution >= 4 is 5.91 Å². The summed E-state index contributed by atoms with van der Waals surface area (Å²) >= 11 is 0. The molecule has 368 valence electrons. The van der Waals surface area contributed by atoms with E-state index in [-0.39, 0.29) is 18.9 Å². The van der Waals surface area contributed by atoms with Gasteiger partial charge in [0, 0.05) is 0 Å². The first-order valence-corrected chi connectivity index (χ1v) is 28.1. The van der Waals surface area contributed by atoms with Gasteiger partial charge in [-0.15, -0.1) is 0 Å². The molecule has 5 nitrogen and oxygen atoms in total. The first kappa shape index (κ1) is 60.8. The maximum Gasteiger partial charge on any atom is 0.222 e. The number of rotatable bonds is 52. The van der Waals surface area contributed by atoms with Crippen molar-refractivity contribution in [1.82, 2.24) is 5.32 Å². The highest BCUT2D eigenvalue weighted by Gasteiger charge is 2.20. The van der Waals surface area contributed by atoms with Gasteiger partial charge in [-0.05, 0) is 32.1 Å². The van der Waals surface area contributed by atoms with Crippen LogP contribution in [0.5, 0.6) is 0 Å². The molecule has 3 atom stereocenters. The fourth-order valence-corrected chi connectivity index (χ4v) is 8.95. The van der Waals surface area contributed by atoms with Gasteiger partial charge in [0.1, 0.15) is 0 Å². The van der Waals surface area contributed by atoms with Gasteiger partial charge in [-0.25, -0.2) is 0 Å². The van der Waals surface area contributed by atoms with E-state index in [2.05, 4.69) is 31.3 Å². The molecule has 0 spiro atoms. The standard InChI is InChI=1S/C57H111NO4/c1-3-5-7-9-11-13-15-16-17-18-19-20-21-22-23-24-25-26-27-28-29-30-31-32-33-34-35-36-37-38-39-40-41-42-44-46-48-50-54(60)52-57(62)58-55(53-59)56(61)51-49-47-45-43-14-12-10-8-6-4-2/h14,43,49,51,54-56,59-61H,3-13,15-42,44-48,50,52-53H2,1-2H3,(H,58,62)/b43-14+,51-49+. The van der Waals surface area contributed by atoms with E-state index in [1.165, 1.54) is 250 Å². The molecule has 0 aromatic rings. The molecular formula is C57H111NO4. The molecule has 0 saturated heterocycles. The fourth-order valence-electron chi connectivity index (χ4n) is 8.95. The minimum atomic E-state index is -0.947.